The van der Waals surface area contributed by atoms with Crippen LogP contribution in [0.15, 0.2) is 36.5 Å². The monoisotopic (exact) mass is 394 g/mol. The Labute approximate surface area is 170 Å². The van der Waals surface area contributed by atoms with Crippen molar-refractivity contribution in [1.29, 1.82) is 0 Å². The normalized spacial score (nSPS) is 21.1. The topological polar surface area (TPSA) is 74.8 Å². The number of fused-ring (bicyclic) bond motifs is 2. The van der Waals surface area contributed by atoms with E-state index in [0.29, 0.717) is 5.56 Å². The number of pyridine rings is 1. The highest BCUT2D eigenvalue weighted by Crippen LogP contribution is 2.40. The molecule has 0 unspecified atom stereocenters. The number of nitrogens with one attached hydrogen (secondary N) is 1. The van der Waals surface area contributed by atoms with Gasteiger partial charge in [0, 0.05) is 26.2 Å². The Kier molecular flexibility index (Phi) is 5.13. The molecule has 29 heavy (non-hydrogen) atoms. The fourth-order valence-electron chi connectivity index (χ4n) is 4.26. The van der Waals surface area contributed by atoms with Crippen molar-refractivity contribution in [3.8, 4) is 0 Å². The molecule has 1 aromatic heterocycles. The minimum Gasteiger partial charge on any atom is -0.469 e. The van der Waals surface area contributed by atoms with Crippen LogP contribution in [0.4, 0.5) is 22.9 Å². The molecule has 2 aromatic rings. The van der Waals surface area contributed by atoms with E-state index in [2.05, 4.69) is 10.3 Å². The Bertz CT molecular complexity index is 937. The number of rotatable bonds is 3. The van der Waals surface area contributed by atoms with Gasteiger partial charge in [-0.05, 0) is 37.8 Å². The van der Waals surface area contributed by atoms with Gasteiger partial charge in [-0.15, -0.1) is 0 Å². The van der Waals surface area contributed by atoms with Crippen LogP contribution in [0.3, 0.4) is 0 Å². The molecule has 0 saturated heterocycles. The Balaban J connectivity index is 1.57. The zero-order chi connectivity index (χ0) is 20.5. The van der Waals surface area contributed by atoms with Crippen LogP contribution < -0.4 is 15.1 Å². The molecule has 0 bridgehead atoms. The smallest absolute Gasteiger partial charge is 0.308 e. The van der Waals surface area contributed by atoms with Crippen molar-refractivity contribution in [2.24, 2.45) is 5.92 Å². The van der Waals surface area contributed by atoms with Gasteiger partial charge in [0.2, 0.25) is 0 Å². The maximum atomic E-state index is 12.9. The number of nitrogens with zero attached hydrogens (tertiary/aromatic N) is 3. The molecule has 2 aliphatic rings. The SMILES string of the molecule is COC(=O)C1CCC(Nc2cc3c(cn2)N(C)C(=O)c2ccccc2N3C)CC1. The molecule has 0 radical (unpaired) electrons. The van der Waals surface area contributed by atoms with Crippen LogP contribution in [0.1, 0.15) is 36.0 Å². The molecule has 1 fully saturated rings. The van der Waals surface area contributed by atoms with Crippen molar-refractivity contribution < 1.29 is 14.3 Å². The Morgan fingerprint density at radius 1 is 1.07 bits per heavy atom. The number of hydrogen-bond donors (Lipinski definition) is 1. The number of aromatic nitrogens is 1. The first kappa shape index (κ1) is 19.2. The fourth-order valence-corrected chi connectivity index (χ4v) is 4.26. The number of carbonyl (C=O) groups excluding carboxylic acids is 2. The molecule has 1 amide bonds. The molecule has 1 aliphatic carbocycles. The van der Waals surface area contributed by atoms with Crippen molar-refractivity contribution in [3.63, 3.8) is 0 Å². The average molecular weight is 394 g/mol. The van der Waals surface area contributed by atoms with Gasteiger partial charge in [0.05, 0.1) is 41.9 Å². The standard InChI is InChI=1S/C22H26N4O3/c1-25-17-7-5-4-6-16(17)21(27)26(2)19-13-23-20(12-18(19)25)24-15-10-8-14(9-11-15)22(28)29-3/h4-7,12-15H,8-11H2,1-3H3,(H,23,24). The van der Waals surface area contributed by atoms with E-state index in [9.17, 15) is 9.59 Å². The van der Waals surface area contributed by atoms with E-state index in [1.807, 2.05) is 42.3 Å². The van der Waals surface area contributed by atoms with E-state index in [1.165, 1.54) is 7.11 Å². The van der Waals surface area contributed by atoms with E-state index in [-0.39, 0.29) is 23.8 Å². The lowest BCUT2D eigenvalue weighted by atomic mass is 9.86. The first-order chi connectivity index (χ1) is 14.0. The Hall–Kier alpha value is -3.09. The number of amides is 1. The number of benzene rings is 1. The Morgan fingerprint density at radius 3 is 2.52 bits per heavy atom. The lowest BCUT2D eigenvalue weighted by molar-refractivity contribution is -0.146. The van der Waals surface area contributed by atoms with Crippen molar-refractivity contribution >= 4 is 34.8 Å². The molecular weight excluding hydrogens is 368 g/mol. The number of hydrogen-bond acceptors (Lipinski definition) is 6. The Morgan fingerprint density at radius 2 is 1.79 bits per heavy atom. The summed E-state index contributed by atoms with van der Waals surface area (Å²) >= 11 is 0. The van der Waals surface area contributed by atoms with Crippen molar-refractivity contribution in [1.82, 2.24) is 4.98 Å². The molecule has 1 aliphatic heterocycles. The van der Waals surface area contributed by atoms with Gasteiger partial charge in [0.15, 0.2) is 0 Å². The summed E-state index contributed by atoms with van der Waals surface area (Å²) < 4.78 is 4.87. The highest BCUT2D eigenvalue weighted by molar-refractivity contribution is 6.13. The number of ether oxygens (including phenoxy) is 1. The van der Waals surface area contributed by atoms with Crippen molar-refractivity contribution in [3.05, 3.63) is 42.1 Å². The summed E-state index contributed by atoms with van der Waals surface area (Å²) in [6, 6.07) is 9.89. The third-order valence-corrected chi connectivity index (χ3v) is 6.00. The van der Waals surface area contributed by atoms with Crippen molar-refractivity contribution in [2.75, 3.05) is 36.3 Å². The second-order valence-electron chi connectivity index (χ2n) is 7.71. The van der Waals surface area contributed by atoms with E-state index >= 15 is 0 Å². The summed E-state index contributed by atoms with van der Waals surface area (Å²) in [4.78, 5) is 32.8. The lowest BCUT2D eigenvalue weighted by Crippen LogP contribution is -2.30. The zero-order valence-corrected chi connectivity index (χ0v) is 17.0. The van der Waals surface area contributed by atoms with Crippen LogP contribution in [0.25, 0.3) is 0 Å². The molecule has 1 saturated carbocycles. The molecule has 0 spiro atoms. The van der Waals surface area contributed by atoms with Gasteiger partial charge in [-0.2, -0.15) is 0 Å². The van der Waals surface area contributed by atoms with Gasteiger partial charge in [0.1, 0.15) is 5.82 Å². The van der Waals surface area contributed by atoms with Gasteiger partial charge in [-0.25, -0.2) is 4.98 Å². The van der Waals surface area contributed by atoms with Crippen LogP contribution in [0.5, 0.6) is 0 Å². The zero-order valence-electron chi connectivity index (χ0n) is 17.0. The summed E-state index contributed by atoms with van der Waals surface area (Å²) in [7, 11) is 5.19. The van der Waals surface area contributed by atoms with E-state index in [0.717, 1.165) is 48.6 Å². The van der Waals surface area contributed by atoms with E-state index in [1.54, 1.807) is 18.1 Å². The number of carbonyl (C=O) groups is 2. The summed E-state index contributed by atoms with van der Waals surface area (Å²) in [6.45, 7) is 0. The second kappa shape index (κ2) is 7.73. The largest absolute Gasteiger partial charge is 0.469 e. The quantitative estimate of drug-likeness (QED) is 0.802. The van der Waals surface area contributed by atoms with Gasteiger partial charge >= 0.3 is 5.97 Å². The van der Waals surface area contributed by atoms with Crippen LogP contribution in [0.2, 0.25) is 0 Å². The molecular formula is C22H26N4O3. The van der Waals surface area contributed by atoms with E-state index in [4.69, 9.17) is 4.74 Å². The molecule has 152 valence electrons. The summed E-state index contributed by atoms with van der Waals surface area (Å²) in [5.74, 6) is 0.618. The number of para-hydroxylation sites is 1. The lowest BCUT2D eigenvalue weighted by Gasteiger charge is -2.29. The fraction of sp³-hybridized carbons (Fsp3) is 0.409. The van der Waals surface area contributed by atoms with Gasteiger partial charge in [-0.3, -0.25) is 9.59 Å². The van der Waals surface area contributed by atoms with Crippen LogP contribution in [-0.2, 0) is 9.53 Å². The summed E-state index contributed by atoms with van der Waals surface area (Å²) in [6.07, 6.45) is 5.18. The van der Waals surface area contributed by atoms with Crippen LogP contribution >= 0.6 is 0 Å². The first-order valence-corrected chi connectivity index (χ1v) is 9.94. The average Bonchev–Trinajstić information content (AvgIpc) is 2.84. The predicted molar refractivity (Wildman–Crippen MR) is 113 cm³/mol. The molecule has 2 heterocycles. The highest BCUT2D eigenvalue weighted by atomic mass is 16.5. The predicted octanol–water partition coefficient (Wildman–Crippen LogP) is 3.58. The van der Waals surface area contributed by atoms with Crippen LogP contribution in [0, 0.1) is 5.92 Å². The first-order valence-electron chi connectivity index (χ1n) is 9.94. The van der Waals surface area contributed by atoms with Gasteiger partial charge in [-0.1, -0.05) is 12.1 Å². The number of methoxy groups -OCH3 is 1. The second-order valence-corrected chi connectivity index (χ2v) is 7.71. The molecule has 1 aromatic carbocycles. The van der Waals surface area contributed by atoms with Gasteiger partial charge < -0.3 is 19.9 Å². The van der Waals surface area contributed by atoms with Crippen molar-refractivity contribution in [2.45, 2.75) is 31.7 Å². The minimum atomic E-state index is -0.111. The third kappa shape index (κ3) is 3.52. The maximum absolute atomic E-state index is 12.9. The van der Waals surface area contributed by atoms with E-state index < -0.39 is 0 Å². The highest BCUT2D eigenvalue weighted by Gasteiger charge is 2.29. The molecule has 4 rings (SSSR count). The third-order valence-electron chi connectivity index (χ3n) is 6.00. The molecule has 1 N–H and O–H groups in total. The summed E-state index contributed by atoms with van der Waals surface area (Å²) in [5.41, 5.74) is 3.24. The van der Waals surface area contributed by atoms with Crippen LogP contribution in [-0.4, -0.2) is 44.1 Å². The molecule has 7 nitrogen and oxygen atoms in total. The molecule has 0 atom stereocenters. The number of anilines is 4. The maximum Gasteiger partial charge on any atom is 0.308 e. The number of esters is 1. The van der Waals surface area contributed by atoms with Gasteiger partial charge in [0.25, 0.3) is 5.91 Å². The summed E-state index contributed by atoms with van der Waals surface area (Å²) in [5, 5.41) is 3.51. The minimum absolute atomic E-state index is 0.000325. The molecule has 7 heteroatoms.